The molecule has 0 N–H and O–H groups in total. The standard InChI is InChI=1S/C33H42NO5/c1-34(2,3)31(26-27-16-10-8-11-17-27)33(36)38-25-15-7-5-4-6-14-24-37-29-20-22-30(23-21-29)39-32(35)28-18-12-9-13-19-28/h8-13,16-23,31H,4-7,14-15,24-26H2,1-3H3/q+1. The zero-order valence-electron chi connectivity index (χ0n) is 23.5. The van der Waals surface area contributed by atoms with Gasteiger partial charge < -0.3 is 18.7 Å². The van der Waals surface area contributed by atoms with Crippen LogP contribution >= 0.6 is 0 Å². The number of benzene rings is 3. The monoisotopic (exact) mass is 532 g/mol. The molecule has 0 spiro atoms. The van der Waals surface area contributed by atoms with Crippen LogP contribution in [0.25, 0.3) is 0 Å². The van der Waals surface area contributed by atoms with Crippen LogP contribution in [0.4, 0.5) is 0 Å². The first kappa shape index (κ1) is 29.9. The van der Waals surface area contributed by atoms with Crippen LogP contribution in [-0.4, -0.2) is 56.8 Å². The number of likely N-dealkylation sites (N-methyl/N-ethyl adjacent to an activating group) is 1. The van der Waals surface area contributed by atoms with E-state index in [0.29, 0.717) is 35.4 Å². The first-order chi connectivity index (χ1) is 18.8. The lowest BCUT2D eigenvalue weighted by atomic mass is 10.0. The number of ether oxygens (including phenoxy) is 3. The van der Waals surface area contributed by atoms with Crippen LogP contribution in [0.2, 0.25) is 0 Å². The highest BCUT2D eigenvalue weighted by Crippen LogP contribution is 2.19. The molecule has 3 aromatic rings. The van der Waals surface area contributed by atoms with E-state index in [-0.39, 0.29) is 18.0 Å². The summed E-state index contributed by atoms with van der Waals surface area (Å²) < 4.78 is 17.4. The van der Waals surface area contributed by atoms with Crippen molar-refractivity contribution in [1.82, 2.24) is 0 Å². The van der Waals surface area contributed by atoms with Crippen LogP contribution in [0, 0.1) is 0 Å². The lowest BCUT2D eigenvalue weighted by Crippen LogP contribution is -2.51. The zero-order valence-corrected chi connectivity index (χ0v) is 23.5. The minimum absolute atomic E-state index is 0.120. The molecule has 6 heteroatoms. The number of carbonyl (C=O) groups excluding carboxylic acids is 2. The summed E-state index contributed by atoms with van der Waals surface area (Å²) in [7, 11) is 6.12. The van der Waals surface area contributed by atoms with Gasteiger partial charge in [0.05, 0.1) is 39.9 Å². The summed E-state index contributed by atoms with van der Waals surface area (Å²) >= 11 is 0. The largest absolute Gasteiger partial charge is 0.494 e. The van der Waals surface area contributed by atoms with E-state index in [9.17, 15) is 9.59 Å². The Morgan fingerprint density at radius 3 is 1.82 bits per heavy atom. The first-order valence-electron chi connectivity index (χ1n) is 13.8. The highest BCUT2D eigenvalue weighted by Gasteiger charge is 2.33. The second-order valence-corrected chi connectivity index (χ2v) is 10.7. The topological polar surface area (TPSA) is 61.8 Å². The maximum absolute atomic E-state index is 12.8. The number of nitrogens with zero attached hydrogens (tertiary/aromatic N) is 1. The summed E-state index contributed by atoms with van der Waals surface area (Å²) in [5.41, 5.74) is 1.67. The zero-order chi connectivity index (χ0) is 27.9. The average Bonchev–Trinajstić information content (AvgIpc) is 2.94. The van der Waals surface area contributed by atoms with E-state index in [1.165, 1.54) is 0 Å². The van der Waals surface area contributed by atoms with Crippen molar-refractivity contribution in [2.24, 2.45) is 0 Å². The Kier molecular flexibility index (Phi) is 12.0. The van der Waals surface area contributed by atoms with Gasteiger partial charge in [0.15, 0.2) is 6.04 Å². The van der Waals surface area contributed by atoms with Gasteiger partial charge in [-0.25, -0.2) is 9.59 Å². The van der Waals surface area contributed by atoms with Gasteiger partial charge in [-0.15, -0.1) is 0 Å². The molecule has 0 heterocycles. The van der Waals surface area contributed by atoms with Crippen molar-refractivity contribution < 1.29 is 28.3 Å². The van der Waals surface area contributed by atoms with E-state index < -0.39 is 0 Å². The number of quaternary nitrogens is 1. The Morgan fingerprint density at radius 1 is 0.667 bits per heavy atom. The molecule has 0 fully saturated rings. The highest BCUT2D eigenvalue weighted by molar-refractivity contribution is 5.90. The fourth-order valence-corrected chi connectivity index (χ4v) is 4.23. The van der Waals surface area contributed by atoms with Gasteiger partial charge in [0, 0.05) is 6.42 Å². The molecule has 3 rings (SSSR count). The molecule has 0 radical (unpaired) electrons. The second kappa shape index (κ2) is 15.7. The maximum atomic E-state index is 12.8. The van der Waals surface area contributed by atoms with Gasteiger partial charge in [-0.05, 0) is 54.8 Å². The molecule has 0 bridgehead atoms. The predicted molar refractivity (Wildman–Crippen MR) is 154 cm³/mol. The Morgan fingerprint density at radius 2 is 1.21 bits per heavy atom. The molecule has 39 heavy (non-hydrogen) atoms. The van der Waals surface area contributed by atoms with E-state index >= 15 is 0 Å². The molecule has 0 aliphatic carbocycles. The number of unbranched alkanes of at least 4 members (excludes halogenated alkanes) is 5. The number of rotatable bonds is 16. The summed E-state index contributed by atoms with van der Waals surface area (Å²) in [5, 5.41) is 0. The van der Waals surface area contributed by atoms with E-state index in [4.69, 9.17) is 14.2 Å². The molecule has 0 saturated heterocycles. The van der Waals surface area contributed by atoms with Crippen molar-refractivity contribution in [3.63, 3.8) is 0 Å². The lowest BCUT2D eigenvalue weighted by Gasteiger charge is -2.32. The number of hydrogen-bond acceptors (Lipinski definition) is 5. The van der Waals surface area contributed by atoms with E-state index in [0.717, 1.165) is 49.8 Å². The minimum atomic E-state index is -0.376. The van der Waals surface area contributed by atoms with Gasteiger partial charge in [-0.2, -0.15) is 0 Å². The predicted octanol–water partition coefficient (Wildman–Crippen LogP) is 6.49. The number of hydrogen-bond donors (Lipinski definition) is 0. The van der Waals surface area contributed by atoms with Crippen molar-refractivity contribution in [2.75, 3.05) is 34.4 Å². The van der Waals surface area contributed by atoms with Crippen molar-refractivity contribution in [3.8, 4) is 11.5 Å². The molecular formula is C33H42NO5+. The molecule has 0 aliphatic heterocycles. The van der Waals surface area contributed by atoms with Gasteiger partial charge in [0.1, 0.15) is 11.5 Å². The van der Waals surface area contributed by atoms with Gasteiger partial charge >= 0.3 is 11.9 Å². The van der Waals surface area contributed by atoms with Crippen molar-refractivity contribution >= 4 is 11.9 Å². The Bertz CT molecular complexity index is 1120. The van der Waals surface area contributed by atoms with Crippen LogP contribution in [0.15, 0.2) is 84.9 Å². The fraction of sp³-hybridized carbons (Fsp3) is 0.394. The van der Waals surface area contributed by atoms with Crippen LogP contribution in [0.1, 0.15) is 54.4 Å². The third-order valence-electron chi connectivity index (χ3n) is 6.57. The van der Waals surface area contributed by atoms with E-state index in [1.54, 1.807) is 36.4 Å². The summed E-state index contributed by atoms with van der Waals surface area (Å²) in [6, 6.07) is 25.9. The summed E-state index contributed by atoms with van der Waals surface area (Å²) in [4.78, 5) is 24.9. The van der Waals surface area contributed by atoms with Crippen LogP contribution in [-0.2, 0) is 16.0 Å². The number of carbonyl (C=O) groups is 2. The number of esters is 2. The summed E-state index contributed by atoms with van der Waals surface area (Å²) in [6.45, 7) is 1.12. The molecule has 1 unspecified atom stereocenters. The second-order valence-electron chi connectivity index (χ2n) is 10.7. The lowest BCUT2D eigenvalue weighted by molar-refractivity contribution is -0.887. The molecule has 0 aromatic heterocycles. The first-order valence-corrected chi connectivity index (χ1v) is 13.8. The SMILES string of the molecule is C[N+](C)(C)C(Cc1ccccc1)C(=O)OCCCCCCCCOc1ccc(OC(=O)c2ccccc2)cc1. The Balaban J connectivity index is 1.23. The third kappa shape index (κ3) is 10.9. The molecule has 0 amide bonds. The quantitative estimate of drug-likeness (QED) is 0.0914. The van der Waals surface area contributed by atoms with Crippen LogP contribution in [0.3, 0.4) is 0 Å². The van der Waals surface area contributed by atoms with Crippen LogP contribution < -0.4 is 9.47 Å². The summed E-state index contributed by atoms with van der Waals surface area (Å²) in [6.07, 6.45) is 6.92. The third-order valence-corrected chi connectivity index (χ3v) is 6.57. The van der Waals surface area contributed by atoms with E-state index in [1.807, 2.05) is 57.5 Å². The smallest absolute Gasteiger partial charge is 0.365 e. The van der Waals surface area contributed by atoms with Gasteiger partial charge in [0.25, 0.3) is 0 Å². The normalized spacial score (nSPS) is 12.0. The summed E-state index contributed by atoms with van der Waals surface area (Å²) in [5.74, 6) is 0.756. The Hall–Kier alpha value is -3.64. The van der Waals surface area contributed by atoms with Gasteiger partial charge in [-0.1, -0.05) is 74.2 Å². The molecule has 1 atom stereocenters. The average molecular weight is 533 g/mol. The van der Waals surface area contributed by atoms with Crippen molar-refractivity contribution in [1.29, 1.82) is 0 Å². The fourth-order valence-electron chi connectivity index (χ4n) is 4.23. The maximum Gasteiger partial charge on any atom is 0.365 e. The molecule has 0 saturated carbocycles. The highest BCUT2D eigenvalue weighted by atomic mass is 16.5. The molecular weight excluding hydrogens is 490 g/mol. The minimum Gasteiger partial charge on any atom is -0.494 e. The molecule has 3 aromatic carbocycles. The van der Waals surface area contributed by atoms with Crippen molar-refractivity contribution in [2.45, 2.75) is 51.0 Å². The van der Waals surface area contributed by atoms with Gasteiger partial charge in [-0.3, -0.25) is 0 Å². The molecule has 208 valence electrons. The molecule has 0 aliphatic rings. The van der Waals surface area contributed by atoms with Crippen LogP contribution in [0.5, 0.6) is 11.5 Å². The van der Waals surface area contributed by atoms with Gasteiger partial charge in [0.2, 0.25) is 0 Å². The van der Waals surface area contributed by atoms with E-state index in [2.05, 4.69) is 12.1 Å². The molecule has 6 nitrogen and oxygen atoms in total. The van der Waals surface area contributed by atoms with Crippen molar-refractivity contribution in [3.05, 3.63) is 96.1 Å². The Labute approximate surface area is 233 Å².